The van der Waals surface area contributed by atoms with Crippen molar-refractivity contribution < 1.29 is 0 Å². The van der Waals surface area contributed by atoms with Crippen molar-refractivity contribution in [1.82, 2.24) is 9.97 Å². The Morgan fingerprint density at radius 2 is 2.00 bits per heavy atom. The summed E-state index contributed by atoms with van der Waals surface area (Å²) < 4.78 is 0. The van der Waals surface area contributed by atoms with Gasteiger partial charge in [-0.2, -0.15) is 0 Å². The third-order valence-electron chi connectivity index (χ3n) is 1.02. The molecule has 0 unspecified atom stereocenters. The van der Waals surface area contributed by atoms with Crippen molar-refractivity contribution in [2.45, 2.75) is 6.54 Å². The Hall–Kier alpha value is -0.895. The van der Waals surface area contributed by atoms with Crippen LogP contribution in [0.3, 0.4) is 0 Å². The first-order valence-electron chi connectivity index (χ1n) is 2.80. The molecular formula is C5H8BN3. The molecular weight excluding hydrogens is 113 g/mol. The molecule has 0 aromatic carbocycles. The molecule has 0 bridgehead atoms. The maximum absolute atomic E-state index is 5.27. The van der Waals surface area contributed by atoms with E-state index in [1.165, 1.54) is 0 Å². The summed E-state index contributed by atoms with van der Waals surface area (Å²) in [6, 6.07) is 0. The number of hydrogen-bond acceptors (Lipinski definition) is 3. The maximum Gasteiger partial charge on any atom is 0.143 e. The summed E-state index contributed by atoms with van der Waals surface area (Å²) in [7, 11) is 1.94. The first kappa shape index (κ1) is 6.23. The van der Waals surface area contributed by atoms with Crippen molar-refractivity contribution in [1.29, 1.82) is 0 Å². The fourth-order valence-corrected chi connectivity index (χ4v) is 0.525. The monoisotopic (exact) mass is 121 g/mol. The van der Waals surface area contributed by atoms with E-state index >= 15 is 0 Å². The van der Waals surface area contributed by atoms with Crippen LogP contribution >= 0.6 is 0 Å². The Morgan fingerprint density at radius 3 is 2.44 bits per heavy atom. The third-order valence-corrected chi connectivity index (χ3v) is 1.02. The van der Waals surface area contributed by atoms with Crippen molar-refractivity contribution in [3.8, 4) is 0 Å². The summed E-state index contributed by atoms with van der Waals surface area (Å²) in [6.07, 6.45) is 3.52. The van der Waals surface area contributed by atoms with Gasteiger partial charge in [0.1, 0.15) is 13.7 Å². The fraction of sp³-hybridized carbons (Fsp3) is 0.200. The van der Waals surface area contributed by atoms with Crippen molar-refractivity contribution in [3.05, 3.63) is 18.2 Å². The van der Waals surface area contributed by atoms with Gasteiger partial charge in [0, 0.05) is 12.4 Å². The van der Waals surface area contributed by atoms with E-state index in [0.717, 1.165) is 5.46 Å². The van der Waals surface area contributed by atoms with E-state index < -0.39 is 0 Å². The second kappa shape index (κ2) is 2.59. The van der Waals surface area contributed by atoms with E-state index in [1.807, 2.05) is 7.85 Å². The number of aromatic nitrogens is 2. The largest absolute Gasteiger partial charge is 0.324 e. The average Bonchev–Trinajstić information content (AvgIpc) is 1.90. The lowest BCUT2D eigenvalue weighted by Gasteiger charge is -1.92. The highest BCUT2D eigenvalue weighted by molar-refractivity contribution is 6.31. The number of rotatable bonds is 1. The second-order valence-electron chi connectivity index (χ2n) is 1.88. The van der Waals surface area contributed by atoms with E-state index in [4.69, 9.17) is 5.73 Å². The molecule has 0 spiro atoms. The van der Waals surface area contributed by atoms with E-state index in [9.17, 15) is 0 Å². The maximum atomic E-state index is 5.27. The Kier molecular flexibility index (Phi) is 1.79. The minimum absolute atomic E-state index is 0.417. The minimum atomic E-state index is 0.417. The van der Waals surface area contributed by atoms with Crippen LogP contribution < -0.4 is 11.2 Å². The Balaban J connectivity index is 2.88. The average molecular weight is 121 g/mol. The SMILES string of the molecule is Bc1cnc(CN)nc1. The van der Waals surface area contributed by atoms with Crippen molar-refractivity contribution in [3.63, 3.8) is 0 Å². The summed E-state index contributed by atoms with van der Waals surface area (Å²) in [5.41, 5.74) is 6.34. The molecule has 3 nitrogen and oxygen atoms in total. The molecule has 9 heavy (non-hydrogen) atoms. The van der Waals surface area contributed by atoms with Gasteiger partial charge in [-0.15, -0.1) is 0 Å². The van der Waals surface area contributed by atoms with E-state index in [0.29, 0.717) is 12.4 Å². The van der Waals surface area contributed by atoms with E-state index in [-0.39, 0.29) is 0 Å². The van der Waals surface area contributed by atoms with Gasteiger partial charge in [-0.25, -0.2) is 9.97 Å². The van der Waals surface area contributed by atoms with Crippen molar-refractivity contribution >= 4 is 13.3 Å². The molecule has 46 valence electrons. The lowest BCUT2D eigenvalue weighted by molar-refractivity contribution is 0.913. The first-order valence-corrected chi connectivity index (χ1v) is 2.80. The van der Waals surface area contributed by atoms with E-state index in [1.54, 1.807) is 12.4 Å². The quantitative estimate of drug-likeness (QED) is 0.445. The van der Waals surface area contributed by atoms with E-state index in [2.05, 4.69) is 9.97 Å². The molecule has 0 aliphatic heterocycles. The second-order valence-corrected chi connectivity index (χ2v) is 1.88. The van der Waals surface area contributed by atoms with Gasteiger partial charge in [0.15, 0.2) is 0 Å². The van der Waals surface area contributed by atoms with Gasteiger partial charge in [0.2, 0.25) is 0 Å². The van der Waals surface area contributed by atoms with Gasteiger partial charge in [-0.3, -0.25) is 0 Å². The van der Waals surface area contributed by atoms with Crippen LogP contribution in [0.1, 0.15) is 5.82 Å². The predicted octanol–water partition coefficient (Wildman–Crippen LogP) is -1.81. The van der Waals surface area contributed by atoms with Crippen LogP contribution in [0.15, 0.2) is 12.4 Å². The van der Waals surface area contributed by atoms with Crippen molar-refractivity contribution in [2.75, 3.05) is 0 Å². The molecule has 1 heterocycles. The molecule has 0 aliphatic rings. The minimum Gasteiger partial charge on any atom is -0.324 e. The van der Waals surface area contributed by atoms with Crippen molar-refractivity contribution in [2.24, 2.45) is 5.73 Å². The lowest BCUT2D eigenvalue weighted by atomic mass is 10.0. The molecule has 0 amide bonds. The molecule has 0 fully saturated rings. The van der Waals surface area contributed by atoms with Crippen LogP contribution in [0.25, 0.3) is 0 Å². The zero-order valence-electron chi connectivity index (χ0n) is 5.33. The highest BCUT2D eigenvalue weighted by Crippen LogP contribution is 1.79. The number of hydrogen-bond donors (Lipinski definition) is 1. The summed E-state index contributed by atoms with van der Waals surface area (Å²) in [5, 5.41) is 0. The van der Waals surface area contributed by atoms with Gasteiger partial charge >= 0.3 is 0 Å². The summed E-state index contributed by atoms with van der Waals surface area (Å²) >= 11 is 0. The Labute approximate surface area is 54.7 Å². The highest BCUT2D eigenvalue weighted by Gasteiger charge is 1.88. The molecule has 0 saturated heterocycles. The predicted molar refractivity (Wildman–Crippen MR) is 38.1 cm³/mol. The number of nitrogens with two attached hydrogens (primary N) is 1. The van der Waals surface area contributed by atoms with Crippen LogP contribution in [0.2, 0.25) is 0 Å². The Bertz CT molecular complexity index is 184. The third kappa shape index (κ3) is 1.50. The van der Waals surface area contributed by atoms with Gasteiger partial charge < -0.3 is 5.73 Å². The smallest absolute Gasteiger partial charge is 0.143 e. The zero-order valence-corrected chi connectivity index (χ0v) is 5.33. The molecule has 4 heteroatoms. The molecule has 0 saturated carbocycles. The van der Waals surface area contributed by atoms with Crippen LogP contribution in [-0.2, 0) is 6.54 Å². The van der Waals surface area contributed by atoms with Crippen LogP contribution in [0.5, 0.6) is 0 Å². The van der Waals surface area contributed by atoms with Crippen LogP contribution in [-0.4, -0.2) is 17.8 Å². The standard InChI is InChI=1S/C5H8BN3/c6-4-2-8-5(1-7)9-3-4/h2-3H,1,6-7H2. The molecule has 0 atom stereocenters. The molecule has 1 rings (SSSR count). The molecule has 1 aromatic rings. The first-order chi connectivity index (χ1) is 4.33. The van der Waals surface area contributed by atoms with Gasteiger partial charge in [-0.1, -0.05) is 5.46 Å². The molecule has 0 radical (unpaired) electrons. The summed E-state index contributed by atoms with van der Waals surface area (Å²) in [4.78, 5) is 7.92. The number of nitrogens with zero attached hydrogens (tertiary/aromatic N) is 2. The van der Waals surface area contributed by atoms with Crippen LogP contribution in [0, 0.1) is 0 Å². The summed E-state index contributed by atoms with van der Waals surface area (Å²) in [5.74, 6) is 0.695. The van der Waals surface area contributed by atoms with Gasteiger partial charge in [0.05, 0.1) is 6.54 Å². The highest BCUT2D eigenvalue weighted by atomic mass is 14.9. The normalized spacial score (nSPS) is 9.44. The van der Waals surface area contributed by atoms with Gasteiger partial charge in [0.25, 0.3) is 0 Å². The topological polar surface area (TPSA) is 51.8 Å². The molecule has 1 aromatic heterocycles. The summed E-state index contributed by atoms with van der Waals surface area (Å²) in [6.45, 7) is 0.417. The lowest BCUT2D eigenvalue weighted by Crippen LogP contribution is -2.09. The zero-order chi connectivity index (χ0) is 6.69. The molecule has 0 aliphatic carbocycles. The van der Waals surface area contributed by atoms with Gasteiger partial charge in [-0.05, 0) is 0 Å². The van der Waals surface area contributed by atoms with Crippen LogP contribution in [0.4, 0.5) is 0 Å². The Morgan fingerprint density at radius 1 is 1.44 bits per heavy atom. The fourth-order valence-electron chi connectivity index (χ4n) is 0.525. The molecule has 2 N–H and O–H groups in total.